The number of hydrogen-bond donors (Lipinski definition) is 2. The van der Waals surface area contributed by atoms with E-state index >= 15 is 0 Å². The minimum Gasteiger partial charge on any atom is -0.478 e. The fraction of sp³-hybridized carbons (Fsp3) is 0.235. The highest BCUT2D eigenvalue weighted by Crippen LogP contribution is 2.18. The van der Waals surface area contributed by atoms with Crippen LogP contribution in [-0.4, -0.2) is 17.1 Å². The number of carbonyl (C=O) groups is 1. The van der Waals surface area contributed by atoms with E-state index in [0.717, 1.165) is 17.7 Å². The van der Waals surface area contributed by atoms with Gasteiger partial charge in [0.15, 0.2) is 0 Å². The van der Waals surface area contributed by atoms with Crippen LogP contribution in [-0.2, 0) is 6.42 Å². The van der Waals surface area contributed by atoms with Gasteiger partial charge in [0, 0.05) is 11.7 Å². The average Bonchev–Trinajstić information content (AvgIpc) is 2.42. The quantitative estimate of drug-likeness (QED) is 0.869. The highest BCUT2D eigenvalue weighted by atomic mass is 16.4. The number of carboxylic acid groups (broad SMARTS) is 1. The Labute approximate surface area is 119 Å². The molecule has 0 saturated heterocycles. The van der Waals surface area contributed by atoms with Crippen molar-refractivity contribution < 1.29 is 9.90 Å². The Morgan fingerprint density at radius 2 is 1.90 bits per heavy atom. The van der Waals surface area contributed by atoms with Crippen LogP contribution >= 0.6 is 0 Å². The Bertz CT molecular complexity index is 593. The molecule has 2 aromatic carbocycles. The van der Waals surface area contributed by atoms with E-state index in [1.54, 1.807) is 12.1 Å². The maximum absolute atomic E-state index is 10.9. The standard InChI is InChI=1S/C17H19NO2/c1-12-10-15(17(19)20)8-9-16(12)18-13(2)11-14-6-4-3-5-7-14/h3-10,13,18H,11H2,1-2H3,(H,19,20). The molecular formula is C17H19NO2. The molecule has 3 nitrogen and oxygen atoms in total. The molecule has 2 rings (SSSR count). The highest BCUT2D eigenvalue weighted by Gasteiger charge is 2.08. The number of nitrogens with one attached hydrogen (secondary N) is 1. The molecule has 2 aromatic rings. The average molecular weight is 269 g/mol. The molecule has 0 bridgehead atoms. The van der Waals surface area contributed by atoms with Crippen molar-refractivity contribution >= 4 is 11.7 Å². The van der Waals surface area contributed by atoms with E-state index in [0.29, 0.717) is 5.56 Å². The Morgan fingerprint density at radius 3 is 2.50 bits per heavy atom. The van der Waals surface area contributed by atoms with E-state index in [1.807, 2.05) is 31.2 Å². The van der Waals surface area contributed by atoms with Crippen molar-refractivity contribution in [1.29, 1.82) is 0 Å². The fourth-order valence-corrected chi connectivity index (χ4v) is 2.24. The zero-order chi connectivity index (χ0) is 14.5. The van der Waals surface area contributed by atoms with E-state index in [1.165, 1.54) is 5.56 Å². The van der Waals surface area contributed by atoms with Crippen molar-refractivity contribution in [2.45, 2.75) is 26.3 Å². The van der Waals surface area contributed by atoms with Crippen LogP contribution in [0.1, 0.15) is 28.4 Å². The summed E-state index contributed by atoms with van der Waals surface area (Å²) < 4.78 is 0. The molecule has 2 N–H and O–H groups in total. The lowest BCUT2D eigenvalue weighted by Crippen LogP contribution is -2.18. The number of aromatic carboxylic acids is 1. The first-order valence-corrected chi connectivity index (χ1v) is 6.70. The molecule has 0 heterocycles. The second-order valence-electron chi connectivity index (χ2n) is 5.07. The summed E-state index contributed by atoms with van der Waals surface area (Å²) in [6, 6.07) is 15.7. The summed E-state index contributed by atoms with van der Waals surface area (Å²) in [6.07, 6.45) is 0.932. The third kappa shape index (κ3) is 3.60. The third-order valence-corrected chi connectivity index (χ3v) is 3.26. The van der Waals surface area contributed by atoms with Gasteiger partial charge in [-0.1, -0.05) is 30.3 Å². The summed E-state index contributed by atoms with van der Waals surface area (Å²) in [6.45, 7) is 4.04. The topological polar surface area (TPSA) is 49.3 Å². The normalized spacial score (nSPS) is 11.9. The number of rotatable bonds is 5. The molecule has 0 aliphatic carbocycles. The Balaban J connectivity index is 2.04. The van der Waals surface area contributed by atoms with Crippen molar-refractivity contribution in [3.8, 4) is 0 Å². The minimum atomic E-state index is -0.892. The first kappa shape index (κ1) is 14.1. The molecule has 104 valence electrons. The zero-order valence-electron chi connectivity index (χ0n) is 11.8. The molecule has 1 atom stereocenters. The molecule has 0 aliphatic rings. The molecule has 0 aromatic heterocycles. The van der Waals surface area contributed by atoms with Crippen LogP contribution in [0.25, 0.3) is 0 Å². The Morgan fingerprint density at radius 1 is 1.20 bits per heavy atom. The van der Waals surface area contributed by atoms with Crippen LogP contribution in [0.2, 0.25) is 0 Å². The second kappa shape index (κ2) is 6.24. The van der Waals surface area contributed by atoms with Gasteiger partial charge < -0.3 is 10.4 Å². The minimum absolute atomic E-state index is 0.284. The summed E-state index contributed by atoms with van der Waals surface area (Å²) in [7, 11) is 0. The van der Waals surface area contributed by atoms with Gasteiger partial charge in [0.25, 0.3) is 0 Å². The molecule has 0 spiro atoms. The summed E-state index contributed by atoms with van der Waals surface area (Å²) >= 11 is 0. The van der Waals surface area contributed by atoms with Gasteiger partial charge in [-0.3, -0.25) is 0 Å². The van der Waals surface area contributed by atoms with Gasteiger partial charge in [-0.15, -0.1) is 0 Å². The summed E-state index contributed by atoms with van der Waals surface area (Å²) in [5, 5.41) is 12.4. The molecule has 20 heavy (non-hydrogen) atoms. The highest BCUT2D eigenvalue weighted by molar-refractivity contribution is 5.88. The molecule has 0 saturated carbocycles. The largest absolute Gasteiger partial charge is 0.478 e. The van der Waals surface area contributed by atoms with Gasteiger partial charge in [-0.25, -0.2) is 4.79 Å². The maximum Gasteiger partial charge on any atom is 0.335 e. The van der Waals surface area contributed by atoms with E-state index in [2.05, 4.69) is 24.4 Å². The summed E-state index contributed by atoms with van der Waals surface area (Å²) in [5.74, 6) is -0.892. The van der Waals surface area contributed by atoms with E-state index in [4.69, 9.17) is 5.11 Å². The van der Waals surface area contributed by atoms with Gasteiger partial charge in [-0.05, 0) is 49.6 Å². The first-order valence-electron chi connectivity index (χ1n) is 6.70. The Hall–Kier alpha value is -2.29. The van der Waals surface area contributed by atoms with Crippen molar-refractivity contribution in [2.24, 2.45) is 0 Å². The fourth-order valence-electron chi connectivity index (χ4n) is 2.24. The van der Waals surface area contributed by atoms with Gasteiger partial charge >= 0.3 is 5.97 Å². The van der Waals surface area contributed by atoms with Gasteiger partial charge in [-0.2, -0.15) is 0 Å². The Kier molecular flexibility index (Phi) is 4.41. The molecule has 0 aliphatic heterocycles. The van der Waals surface area contributed by atoms with Crippen molar-refractivity contribution in [2.75, 3.05) is 5.32 Å². The third-order valence-electron chi connectivity index (χ3n) is 3.26. The molecule has 1 unspecified atom stereocenters. The van der Waals surface area contributed by atoms with Crippen LogP contribution < -0.4 is 5.32 Å². The van der Waals surface area contributed by atoms with Gasteiger partial charge in [0.05, 0.1) is 5.56 Å². The van der Waals surface area contributed by atoms with Gasteiger partial charge in [0.2, 0.25) is 0 Å². The molecular weight excluding hydrogens is 250 g/mol. The lowest BCUT2D eigenvalue weighted by atomic mass is 10.1. The monoisotopic (exact) mass is 269 g/mol. The number of benzene rings is 2. The first-order chi connectivity index (χ1) is 9.56. The molecule has 0 radical (unpaired) electrons. The lowest BCUT2D eigenvalue weighted by Gasteiger charge is -2.17. The number of aryl methyl sites for hydroxylation is 1. The zero-order valence-corrected chi connectivity index (χ0v) is 11.8. The summed E-state index contributed by atoms with van der Waals surface area (Å²) in [4.78, 5) is 10.9. The molecule has 0 fully saturated rings. The SMILES string of the molecule is Cc1cc(C(=O)O)ccc1NC(C)Cc1ccccc1. The molecule has 0 amide bonds. The van der Waals surface area contributed by atoms with Crippen molar-refractivity contribution in [3.63, 3.8) is 0 Å². The van der Waals surface area contributed by atoms with Crippen molar-refractivity contribution in [1.82, 2.24) is 0 Å². The van der Waals surface area contributed by atoms with E-state index < -0.39 is 5.97 Å². The number of carboxylic acids is 1. The van der Waals surface area contributed by atoms with Crippen LogP contribution in [0.5, 0.6) is 0 Å². The maximum atomic E-state index is 10.9. The predicted molar refractivity (Wildman–Crippen MR) is 81.4 cm³/mol. The van der Waals surface area contributed by atoms with Crippen molar-refractivity contribution in [3.05, 3.63) is 65.2 Å². The molecule has 3 heteroatoms. The van der Waals surface area contributed by atoms with Gasteiger partial charge in [0.1, 0.15) is 0 Å². The predicted octanol–water partition coefficient (Wildman–Crippen LogP) is 3.74. The van der Waals surface area contributed by atoms with Crippen LogP contribution in [0.3, 0.4) is 0 Å². The van der Waals surface area contributed by atoms with Crippen LogP contribution in [0, 0.1) is 6.92 Å². The number of hydrogen-bond acceptors (Lipinski definition) is 2. The number of anilines is 1. The van der Waals surface area contributed by atoms with Crippen LogP contribution in [0.15, 0.2) is 48.5 Å². The van der Waals surface area contributed by atoms with E-state index in [-0.39, 0.29) is 6.04 Å². The van der Waals surface area contributed by atoms with Crippen LogP contribution in [0.4, 0.5) is 5.69 Å². The van der Waals surface area contributed by atoms with E-state index in [9.17, 15) is 4.79 Å². The smallest absolute Gasteiger partial charge is 0.335 e. The second-order valence-corrected chi connectivity index (χ2v) is 5.07. The lowest BCUT2D eigenvalue weighted by molar-refractivity contribution is 0.0697. The summed E-state index contributed by atoms with van der Waals surface area (Å²) in [5.41, 5.74) is 3.54.